The van der Waals surface area contributed by atoms with E-state index in [2.05, 4.69) is 34.7 Å². The first-order valence-electron chi connectivity index (χ1n) is 6.58. The summed E-state index contributed by atoms with van der Waals surface area (Å²) in [5, 5.41) is 10.1. The molecule has 100 valence electrons. The van der Waals surface area contributed by atoms with Gasteiger partial charge in [-0.15, -0.1) is 0 Å². The summed E-state index contributed by atoms with van der Waals surface area (Å²) in [5.74, 6) is 0.447. The van der Waals surface area contributed by atoms with Gasteiger partial charge in [-0.2, -0.15) is 0 Å². The van der Waals surface area contributed by atoms with Crippen LogP contribution in [0.15, 0.2) is 16.6 Å². The second kappa shape index (κ2) is 5.22. The number of nitrogens with zero attached hydrogens (tertiary/aromatic N) is 1. The Bertz CT molecular complexity index is 432. The fraction of sp³-hybridized carbons (Fsp3) is 0.600. The highest BCUT2D eigenvalue weighted by molar-refractivity contribution is 9.10. The summed E-state index contributed by atoms with van der Waals surface area (Å²) in [6.07, 6.45) is 2.47. The summed E-state index contributed by atoms with van der Waals surface area (Å²) in [7, 11) is 0. The molecule has 0 amide bonds. The van der Waals surface area contributed by atoms with Gasteiger partial charge in [0.15, 0.2) is 0 Å². The molecule has 0 bridgehead atoms. The van der Waals surface area contributed by atoms with E-state index in [0.29, 0.717) is 11.2 Å². The summed E-state index contributed by atoms with van der Waals surface area (Å²) in [5.41, 5.74) is 2.45. The summed E-state index contributed by atoms with van der Waals surface area (Å²) < 4.78 is 1.05. The van der Waals surface area contributed by atoms with Crippen LogP contribution in [0.25, 0.3) is 0 Å². The lowest BCUT2D eigenvalue weighted by Crippen LogP contribution is -2.36. The number of hydrogen-bond donors (Lipinski definition) is 1. The minimum Gasteiger partial charge on any atom is -0.507 e. The average molecular weight is 312 g/mol. The van der Waals surface area contributed by atoms with Gasteiger partial charge in [-0.05, 0) is 56.0 Å². The van der Waals surface area contributed by atoms with Crippen molar-refractivity contribution in [2.24, 2.45) is 5.41 Å². The van der Waals surface area contributed by atoms with Crippen LogP contribution in [0.1, 0.15) is 37.8 Å². The maximum absolute atomic E-state index is 10.1. The number of halogens is 1. The zero-order valence-electron chi connectivity index (χ0n) is 11.5. The van der Waals surface area contributed by atoms with E-state index in [4.69, 9.17) is 0 Å². The predicted molar refractivity (Wildman–Crippen MR) is 78.8 cm³/mol. The lowest BCUT2D eigenvalue weighted by atomic mass is 9.82. The highest BCUT2D eigenvalue weighted by Gasteiger charge is 2.25. The molecule has 1 aromatic rings. The molecule has 1 aromatic carbocycles. The first kappa shape index (κ1) is 13.9. The van der Waals surface area contributed by atoms with Crippen molar-refractivity contribution in [3.63, 3.8) is 0 Å². The molecule has 1 aliphatic heterocycles. The molecule has 1 N–H and O–H groups in total. The van der Waals surface area contributed by atoms with Gasteiger partial charge in [0.25, 0.3) is 0 Å². The Kier molecular flexibility index (Phi) is 4.02. The Morgan fingerprint density at radius 3 is 2.50 bits per heavy atom. The van der Waals surface area contributed by atoms with Gasteiger partial charge in [0.05, 0.1) is 0 Å². The number of aromatic hydroxyl groups is 1. The molecular formula is C15H22BrNO. The number of rotatable bonds is 2. The topological polar surface area (TPSA) is 23.5 Å². The highest BCUT2D eigenvalue weighted by Crippen LogP contribution is 2.32. The Balaban J connectivity index is 2.07. The molecule has 0 aliphatic carbocycles. The first-order valence-corrected chi connectivity index (χ1v) is 7.37. The second-order valence-electron chi connectivity index (χ2n) is 6.17. The van der Waals surface area contributed by atoms with Gasteiger partial charge in [0.2, 0.25) is 0 Å². The van der Waals surface area contributed by atoms with E-state index in [1.165, 1.54) is 12.8 Å². The Labute approximate surface area is 118 Å². The minimum atomic E-state index is 0.447. The number of phenolic OH excluding ortho intramolecular Hbond substituents is 1. The van der Waals surface area contributed by atoms with Gasteiger partial charge >= 0.3 is 0 Å². The third kappa shape index (κ3) is 3.27. The lowest BCUT2D eigenvalue weighted by molar-refractivity contribution is 0.126. The van der Waals surface area contributed by atoms with E-state index >= 15 is 0 Å². The maximum atomic E-state index is 10.1. The van der Waals surface area contributed by atoms with Gasteiger partial charge < -0.3 is 5.11 Å². The number of likely N-dealkylation sites (tertiary alicyclic amines) is 1. The minimum absolute atomic E-state index is 0.447. The van der Waals surface area contributed by atoms with Crippen molar-refractivity contribution < 1.29 is 5.11 Å². The Hall–Kier alpha value is -0.540. The molecule has 2 rings (SSSR count). The van der Waals surface area contributed by atoms with Crippen LogP contribution >= 0.6 is 15.9 Å². The highest BCUT2D eigenvalue weighted by atomic mass is 79.9. The van der Waals surface area contributed by atoms with E-state index in [1.54, 1.807) is 0 Å². The third-order valence-electron chi connectivity index (χ3n) is 3.95. The van der Waals surface area contributed by atoms with Gasteiger partial charge in [-0.25, -0.2) is 0 Å². The number of phenols is 1. The van der Waals surface area contributed by atoms with E-state index in [9.17, 15) is 5.11 Å². The van der Waals surface area contributed by atoms with Crippen LogP contribution in [-0.2, 0) is 6.54 Å². The molecule has 1 aliphatic rings. The van der Waals surface area contributed by atoms with Crippen LogP contribution in [0, 0.1) is 12.3 Å². The number of aryl methyl sites for hydroxylation is 1. The van der Waals surface area contributed by atoms with E-state index in [0.717, 1.165) is 35.2 Å². The summed E-state index contributed by atoms with van der Waals surface area (Å²) in [6.45, 7) is 9.72. The van der Waals surface area contributed by atoms with Crippen molar-refractivity contribution in [2.45, 2.75) is 40.2 Å². The molecule has 0 aromatic heterocycles. The van der Waals surface area contributed by atoms with Crippen LogP contribution in [0.3, 0.4) is 0 Å². The first-order chi connectivity index (χ1) is 8.37. The van der Waals surface area contributed by atoms with E-state index in [-0.39, 0.29) is 0 Å². The predicted octanol–water partition coefficient (Wildman–Crippen LogP) is 4.09. The molecular weight excluding hydrogens is 290 g/mol. The molecule has 1 heterocycles. The van der Waals surface area contributed by atoms with Crippen molar-refractivity contribution >= 4 is 15.9 Å². The van der Waals surface area contributed by atoms with Crippen molar-refractivity contribution in [3.05, 3.63) is 27.7 Å². The molecule has 0 spiro atoms. The molecule has 0 unspecified atom stereocenters. The van der Waals surface area contributed by atoms with Gasteiger partial charge in [0, 0.05) is 16.6 Å². The zero-order valence-corrected chi connectivity index (χ0v) is 13.0. The fourth-order valence-electron chi connectivity index (χ4n) is 2.48. The number of benzene rings is 1. The fourth-order valence-corrected chi connectivity index (χ4v) is 3.10. The van der Waals surface area contributed by atoms with Gasteiger partial charge in [-0.1, -0.05) is 29.8 Å². The second-order valence-corrected chi connectivity index (χ2v) is 7.09. The third-order valence-corrected chi connectivity index (χ3v) is 4.41. The van der Waals surface area contributed by atoms with Crippen molar-refractivity contribution in [1.82, 2.24) is 4.90 Å². The Morgan fingerprint density at radius 2 is 1.89 bits per heavy atom. The van der Waals surface area contributed by atoms with Crippen LogP contribution in [0.4, 0.5) is 0 Å². The normalized spacial score (nSPS) is 20.0. The molecule has 3 heteroatoms. The van der Waals surface area contributed by atoms with Crippen molar-refractivity contribution in [2.75, 3.05) is 13.1 Å². The van der Waals surface area contributed by atoms with Gasteiger partial charge in [0.1, 0.15) is 5.75 Å². The smallest absolute Gasteiger partial charge is 0.123 e. The monoisotopic (exact) mass is 311 g/mol. The van der Waals surface area contributed by atoms with Crippen molar-refractivity contribution in [3.8, 4) is 5.75 Å². The summed E-state index contributed by atoms with van der Waals surface area (Å²) in [6, 6.07) is 3.99. The van der Waals surface area contributed by atoms with Crippen molar-refractivity contribution in [1.29, 1.82) is 0 Å². The van der Waals surface area contributed by atoms with E-state index in [1.807, 2.05) is 19.1 Å². The van der Waals surface area contributed by atoms with Gasteiger partial charge in [-0.3, -0.25) is 4.90 Å². The molecule has 18 heavy (non-hydrogen) atoms. The average Bonchev–Trinajstić information content (AvgIpc) is 2.28. The zero-order chi connectivity index (χ0) is 13.3. The molecule has 0 radical (unpaired) electrons. The molecule has 2 nitrogen and oxygen atoms in total. The van der Waals surface area contributed by atoms with E-state index < -0.39 is 0 Å². The van der Waals surface area contributed by atoms with Crippen LogP contribution in [0.5, 0.6) is 5.75 Å². The number of hydrogen-bond acceptors (Lipinski definition) is 2. The lowest BCUT2D eigenvalue weighted by Gasteiger charge is -2.37. The molecule has 1 saturated heterocycles. The Morgan fingerprint density at radius 1 is 1.28 bits per heavy atom. The molecule has 1 fully saturated rings. The largest absolute Gasteiger partial charge is 0.507 e. The summed E-state index contributed by atoms with van der Waals surface area (Å²) >= 11 is 3.50. The quantitative estimate of drug-likeness (QED) is 0.889. The maximum Gasteiger partial charge on any atom is 0.123 e. The molecule has 0 saturated carbocycles. The van der Waals surface area contributed by atoms with Crippen LogP contribution in [-0.4, -0.2) is 23.1 Å². The summed E-state index contributed by atoms with van der Waals surface area (Å²) in [4.78, 5) is 2.44. The van der Waals surface area contributed by atoms with Crippen LogP contribution < -0.4 is 0 Å². The standard InChI is InChI=1S/C15H22BrNO/c1-11-8-13(16)9-12(14(11)18)10-17-6-4-15(2,3)5-7-17/h8-9,18H,4-7,10H2,1-3H3. The SMILES string of the molecule is Cc1cc(Br)cc(CN2CCC(C)(C)CC2)c1O. The number of piperidine rings is 1. The molecule has 0 atom stereocenters. The van der Waals surface area contributed by atoms with Crippen LogP contribution in [0.2, 0.25) is 0 Å².